The van der Waals surface area contributed by atoms with E-state index in [2.05, 4.69) is 10.3 Å². The molecule has 0 spiro atoms. The number of hydrogen-bond acceptors (Lipinski definition) is 3. The van der Waals surface area contributed by atoms with E-state index in [-0.39, 0.29) is 11.7 Å². The third-order valence-electron chi connectivity index (χ3n) is 3.07. The lowest BCUT2D eigenvalue weighted by molar-refractivity contribution is 0.0786. The zero-order chi connectivity index (χ0) is 15.2. The maximum Gasteiger partial charge on any atom is 0.256 e. The first-order valence-corrected chi connectivity index (χ1v) is 6.79. The summed E-state index contributed by atoms with van der Waals surface area (Å²) in [6, 6.07) is 7.94. The molecule has 0 saturated heterocycles. The first kappa shape index (κ1) is 15.0. The van der Waals surface area contributed by atoms with Gasteiger partial charge in [-0.15, -0.1) is 0 Å². The van der Waals surface area contributed by atoms with Crippen LogP contribution in [0.4, 0.5) is 10.1 Å². The second kappa shape index (κ2) is 6.83. The molecule has 2 rings (SSSR count). The summed E-state index contributed by atoms with van der Waals surface area (Å²) in [5.41, 5.74) is 2.02. The Bertz CT molecular complexity index is 630. The molecule has 1 aromatic carbocycles. The van der Waals surface area contributed by atoms with Crippen LogP contribution in [-0.4, -0.2) is 29.4 Å². The first-order valence-electron chi connectivity index (χ1n) is 6.79. The maximum absolute atomic E-state index is 13.2. The van der Waals surface area contributed by atoms with Gasteiger partial charge in [0.25, 0.3) is 5.91 Å². The third kappa shape index (κ3) is 3.78. The average molecular weight is 287 g/mol. The van der Waals surface area contributed by atoms with E-state index in [1.54, 1.807) is 42.5 Å². The van der Waals surface area contributed by atoms with E-state index in [9.17, 15) is 9.18 Å². The topological polar surface area (TPSA) is 45.2 Å². The lowest BCUT2D eigenvalue weighted by atomic mass is 10.1. The van der Waals surface area contributed by atoms with E-state index in [4.69, 9.17) is 0 Å². The minimum Gasteiger partial charge on any atom is -0.383 e. The number of nitrogens with zero attached hydrogens (tertiary/aromatic N) is 2. The molecule has 110 valence electrons. The van der Waals surface area contributed by atoms with E-state index in [0.29, 0.717) is 24.3 Å². The Balaban J connectivity index is 2.16. The number of carbonyl (C=O) groups is 1. The zero-order valence-electron chi connectivity index (χ0n) is 12.1. The van der Waals surface area contributed by atoms with Crippen molar-refractivity contribution in [1.29, 1.82) is 0 Å². The monoisotopic (exact) mass is 287 g/mol. The summed E-state index contributed by atoms with van der Waals surface area (Å²) >= 11 is 0. The maximum atomic E-state index is 13.2. The number of aromatic nitrogens is 1. The molecule has 1 amide bonds. The van der Waals surface area contributed by atoms with E-state index >= 15 is 0 Å². The van der Waals surface area contributed by atoms with Crippen molar-refractivity contribution in [3.05, 3.63) is 59.7 Å². The van der Waals surface area contributed by atoms with Crippen molar-refractivity contribution in [3.8, 4) is 0 Å². The molecule has 5 heteroatoms. The Kier molecular flexibility index (Phi) is 4.87. The minimum absolute atomic E-state index is 0.127. The summed E-state index contributed by atoms with van der Waals surface area (Å²) in [6.07, 6.45) is 3.22. The average Bonchev–Trinajstić information content (AvgIpc) is 2.47. The molecule has 0 aliphatic heterocycles. The van der Waals surface area contributed by atoms with Crippen LogP contribution in [0.3, 0.4) is 0 Å². The zero-order valence-corrected chi connectivity index (χ0v) is 12.1. The van der Waals surface area contributed by atoms with Crippen LogP contribution < -0.4 is 5.32 Å². The van der Waals surface area contributed by atoms with Gasteiger partial charge in [-0.25, -0.2) is 4.39 Å². The number of benzene rings is 1. The number of halogens is 1. The number of anilines is 1. The molecule has 4 nitrogen and oxygen atoms in total. The van der Waals surface area contributed by atoms with Crippen LogP contribution in [0.5, 0.6) is 0 Å². The Morgan fingerprint density at radius 2 is 2.19 bits per heavy atom. The van der Waals surface area contributed by atoms with Crippen LogP contribution in [0, 0.1) is 5.82 Å². The predicted octanol–water partition coefficient (Wildman–Crippen LogP) is 2.92. The van der Waals surface area contributed by atoms with Gasteiger partial charge in [-0.05, 0) is 30.7 Å². The number of carbonyl (C=O) groups excluding carboxylic acids is 1. The van der Waals surface area contributed by atoms with Crippen molar-refractivity contribution in [2.45, 2.75) is 13.5 Å². The SMILES string of the molecule is CCNc1cnccc1C(=O)N(C)Cc1cccc(F)c1. The minimum atomic E-state index is -0.300. The number of nitrogens with one attached hydrogen (secondary N) is 1. The summed E-state index contributed by atoms with van der Waals surface area (Å²) < 4.78 is 13.2. The van der Waals surface area contributed by atoms with Gasteiger partial charge in [0.15, 0.2) is 0 Å². The summed E-state index contributed by atoms with van der Waals surface area (Å²) in [7, 11) is 1.70. The van der Waals surface area contributed by atoms with Gasteiger partial charge < -0.3 is 10.2 Å². The summed E-state index contributed by atoms with van der Waals surface area (Å²) in [5.74, 6) is -0.428. The fourth-order valence-electron chi connectivity index (χ4n) is 2.10. The Morgan fingerprint density at radius 1 is 1.38 bits per heavy atom. The third-order valence-corrected chi connectivity index (χ3v) is 3.07. The smallest absolute Gasteiger partial charge is 0.256 e. The number of hydrogen-bond donors (Lipinski definition) is 1. The molecular weight excluding hydrogens is 269 g/mol. The molecule has 0 atom stereocenters. The standard InChI is InChI=1S/C16H18FN3O/c1-3-19-15-10-18-8-7-14(15)16(21)20(2)11-12-5-4-6-13(17)9-12/h4-10,19H,3,11H2,1-2H3. The van der Waals surface area contributed by atoms with Crippen LogP contribution in [0.1, 0.15) is 22.8 Å². The van der Waals surface area contributed by atoms with Gasteiger partial charge in [0.1, 0.15) is 5.82 Å². The Hall–Kier alpha value is -2.43. The lowest BCUT2D eigenvalue weighted by Crippen LogP contribution is -2.27. The summed E-state index contributed by atoms with van der Waals surface area (Å²) in [6.45, 7) is 3.02. The molecular formula is C16H18FN3O. The molecule has 0 fully saturated rings. The predicted molar refractivity (Wildman–Crippen MR) is 80.6 cm³/mol. The second-order valence-electron chi connectivity index (χ2n) is 4.74. The van der Waals surface area contributed by atoms with E-state index < -0.39 is 0 Å². The van der Waals surface area contributed by atoms with Crippen LogP contribution in [0.25, 0.3) is 0 Å². The van der Waals surface area contributed by atoms with E-state index in [0.717, 1.165) is 5.56 Å². The Labute approximate surface area is 123 Å². The number of amides is 1. The van der Waals surface area contributed by atoms with Gasteiger partial charge in [-0.2, -0.15) is 0 Å². The molecule has 0 saturated carbocycles. The van der Waals surface area contributed by atoms with Crippen molar-refractivity contribution in [2.75, 3.05) is 18.9 Å². The van der Waals surface area contributed by atoms with Crippen molar-refractivity contribution >= 4 is 11.6 Å². The normalized spacial score (nSPS) is 10.2. The molecule has 0 aliphatic carbocycles. The molecule has 1 heterocycles. The van der Waals surface area contributed by atoms with Gasteiger partial charge in [-0.1, -0.05) is 12.1 Å². The van der Waals surface area contributed by atoms with Gasteiger partial charge in [0, 0.05) is 26.3 Å². The quantitative estimate of drug-likeness (QED) is 0.919. The molecule has 0 radical (unpaired) electrons. The van der Waals surface area contributed by atoms with Crippen molar-refractivity contribution in [2.24, 2.45) is 0 Å². The van der Waals surface area contributed by atoms with Crippen molar-refractivity contribution in [1.82, 2.24) is 9.88 Å². The van der Waals surface area contributed by atoms with Crippen molar-refractivity contribution < 1.29 is 9.18 Å². The van der Waals surface area contributed by atoms with Crippen LogP contribution in [0.2, 0.25) is 0 Å². The molecule has 0 bridgehead atoms. The molecule has 21 heavy (non-hydrogen) atoms. The highest BCUT2D eigenvalue weighted by Crippen LogP contribution is 2.16. The largest absolute Gasteiger partial charge is 0.383 e. The molecule has 1 N–H and O–H groups in total. The fraction of sp³-hybridized carbons (Fsp3) is 0.250. The molecule has 2 aromatic rings. The van der Waals surface area contributed by atoms with E-state index in [1.807, 2.05) is 6.92 Å². The van der Waals surface area contributed by atoms with E-state index in [1.165, 1.54) is 12.1 Å². The fourth-order valence-corrected chi connectivity index (χ4v) is 2.10. The van der Waals surface area contributed by atoms with Gasteiger partial charge in [-0.3, -0.25) is 9.78 Å². The number of rotatable bonds is 5. The van der Waals surface area contributed by atoms with Gasteiger partial charge in [0.05, 0.1) is 17.4 Å². The van der Waals surface area contributed by atoms with Crippen LogP contribution in [0.15, 0.2) is 42.7 Å². The number of pyridine rings is 1. The highest BCUT2D eigenvalue weighted by molar-refractivity contribution is 5.99. The highest BCUT2D eigenvalue weighted by atomic mass is 19.1. The van der Waals surface area contributed by atoms with Gasteiger partial charge >= 0.3 is 0 Å². The lowest BCUT2D eigenvalue weighted by Gasteiger charge is -2.19. The van der Waals surface area contributed by atoms with Crippen LogP contribution >= 0.6 is 0 Å². The highest BCUT2D eigenvalue weighted by Gasteiger charge is 2.16. The summed E-state index contributed by atoms with van der Waals surface area (Å²) in [4.78, 5) is 18.1. The first-order chi connectivity index (χ1) is 10.1. The second-order valence-corrected chi connectivity index (χ2v) is 4.74. The van der Waals surface area contributed by atoms with Crippen molar-refractivity contribution in [3.63, 3.8) is 0 Å². The molecule has 1 aromatic heterocycles. The molecule has 0 unspecified atom stereocenters. The molecule has 0 aliphatic rings. The summed E-state index contributed by atoms with van der Waals surface area (Å²) in [5, 5.41) is 3.11. The van der Waals surface area contributed by atoms with Crippen LogP contribution in [-0.2, 0) is 6.54 Å². The Morgan fingerprint density at radius 3 is 2.90 bits per heavy atom. The van der Waals surface area contributed by atoms with Gasteiger partial charge in [0.2, 0.25) is 0 Å².